The third-order valence-electron chi connectivity index (χ3n) is 5.65. The number of nitrogens with one attached hydrogen (secondary N) is 2. The Bertz CT molecular complexity index is 1490. The first-order chi connectivity index (χ1) is 18.4. The number of rotatable bonds is 10. The first kappa shape index (κ1) is 26.1. The molecular formula is C27H27N3O8. The topological polar surface area (TPSA) is 130 Å². The number of carbonyl (C=O) groups is 1. The van der Waals surface area contributed by atoms with Gasteiger partial charge in [-0.05, 0) is 24.3 Å². The van der Waals surface area contributed by atoms with E-state index in [4.69, 9.17) is 28.4 Å². The average molecular weight is 522 g/mol. The van der Waals surface area contributed by atoms with Crippen molar-refractivity contribution >= 4 is 22.5 Å². The average Bonchev–Trinajstić information content (AvgIpc) is 2.94. The maximum absolute atomic E-state index is 12.8. The number of H-pyrrole nitrogens is 1. The van der Waals surface area contributed by atoms with E-state index in [0.717, 1.165) is 0 Å². The predicted octanol–water partition coefficient (Wildman–Crippen LogP) is 3.65. The molecule has 3 aromatic carbocycles. The maximum Gasteiger partial charge on any atom is 0.262 e. The Kier molecular flexibility index (Phi) is 7.86. The van der Waals surface area contributed by atoms with Crippen LogP contribution in [0.3, 0.4) is 0 Å². The molecule has 4 aromatic rings. The highest BCUT2D eigenvalue weighted by Gasteiger charge is 2.16. The highest BCUT2D eigenvalue weighted by atomic mass is 16.5. The van der Waals surface area contributed by atoms with E-state index in [2.05, 4.69) is 15.3 Å². The van der Waals surface area contributed by atoms with E-state index in [1.54, 1.807) is 48.5 Å². The Hall–Kier alpha value is -4.93. The van der Waals surface area contributed by atoms with Crippen molar-refractivity contribution in [3.63, 3.8) is 0 Å². The highest BCUT2D eigenvalue weighted by Crippen LogP contribution is 2.40. The molecule has 0 radical (unpaired) electrons. The Morgan fingerprint density at radius 2 is 1.47 bits per heavy atom. The Morgan fingerprint density at radius 3 is 2.05 bits per heavy atom. The van der Waals surface area contributed by atoms with Crippen molar-refractivity contribution in [1.29, 1.82) is 0 Å². The Morgan fingerprint density at radius 1 is 0.816 bits per heavy atom. The summed E-state index contributed by atoms with van der Waals surface area (Å²) in [6, 6.07) is 13.4. The van der Waals surface area contributed by atoms with Crippen LogP contribution in [0, 0.1) is 0 Å². The van der Waals surface area contributed by atoms with Crippen LogP contribution >= 0.6 is 0 Å². The number of methoxy groups -OCH3 is 5. The number of nitrogens with zero attached hydrogens (tertiary/aromatic N) is 1. The van der Waals surface area contributed by atoms with Crippen molar-refractivity contribution in [3.05, 3.63) is 58.9 Å². The summed E-state index contributed by atoms with van der Waals surface area (Å²) in [5.41, 5.74) is 1.21. The zero-order valence-electron chi connectivity index (χ0n) is 21.5. The molecule has 0 saturated heterocycles. The van der Waals surface area contributed by atoms with Crippen molar-refractivity contribution < 1.29 is 33.2 Å². The van der Waals surface area contributed by atoms with Crippen molar-refractivity contribution in [3.8, 4) is 45.9 Å². The molecule has 0 bridgehead atoms. The molecule has 11 nitrogen and oxygen atoms in total. The summed E-state index contributed by atoms with van der Waals surface area (Å²) in [6.07, 6.45) is 0. The largest absolute Gasteiger partial charge is 0.497 e. The van der Waals surface area contributed by atoms with E-state index in [1.165, 1.54) is 35.5 Å². The number of ether oxygens (including phenoxy) is 6. The quantitative estimate of drug-likeness (QED) is 0.321. The van der Waals surface area contributed by atoms with Crippen LogP contribution in [0.4, 0.5) is 5.69 Å². The molecule has 38 heavy (non-hydrogen) atoms. The van der Waals surface area contributed by atoms with Crippen LogP contribution in [-0.2, 0) is 4.79 Å². The van der Waals surface area contributed by atoms with Gasteiger partial charge < -0.3 is 38.7 Å². The summed E-state index contributed by atoms with van der Waals surface area (Å²) in [5, 5.41) is 3.07. The van der Waals surface area contributed by atoms with Gasteiger partial charge in [0.05, 0.1) is 41.1 Å². The van der Waals surface area contributed by atoms with E-state index in [1.807, 2.05) is 0 Å². The summed E-state index contributed by atoms with van der Waals surface area (Å²) in [5.74, 6) is 2.58. The first-order valence-electron chi connectivity index (χ1n) is 11.4. The second kappa shape index (κ2) is 11.4. The van der Waals surface area contributed by atoms with Crippen LogP contribution in [-0.4, -0.2) is 58.0 Å². The summed E-state index contributed by atoms with van der Waals surface area (Å²) in [6.45, 7) is -0.235. The molecule has 1 heterocycles. The maximum atomic E-state index is 12.8. The minimum atomic E-state index is -0.383. The molecule has 1 amide bonds. The molecule has 2 N–H and O–H groups in total. The fourth-order valence-electron chi connectivity index (χ4n) is 3.83. The molecule has 0 atom stereocenters. The van der Waals surface area contributed by atoms with E-state index >= 15 is 0 Å². The predicted molar refractivity (Wildman–Crippen MR) is 141 cm³/mol. The van der Waals surface area contributed by atoms with Gasteiger partial charge in [-0.15, -0.1) is 0 Å². The Labute approximate surface area is 218 Å². The molecule has 0 spiro atoms. The van der Waals surface area contributed by atoms with E-state index in [0.29, 0.717) is 62.5 Å². The lowest BCUT2D eigenvalue weighted by molar-refractivity contribution is -0.118. The molecule has 0 aliphatic rings. The molecule has 0 aliphatic carbocycles. The smallest absolute Gasteiger partial charge is 0.262 e. The van der Waals surface area contributed by atoms with Crippen LogP contribution in [0.5, 0.6) is 34.5 Å². The van der Waals surface area contributed by atoms with Gasteiger partial charge in [-0.25, -0.2) is 4.98 Å². The van der Waals surface area contributed by atoms with Crippen LogP contribution in [0.15, 0.2) is 53.3 Å². The van der Waals surface area contributed by atoms with Crippen LogP contribution in [0.1, 0.15) is 0 Å². The second-order valence-electron chi connectivity index (χ2n) is 7.91. The van der Waals surface area contributed by atoms with Crippen LogP contribution < -0.4 is 39.3 Å². The van der Waals surface area contributed by atoms with Gasteiger partial charge >= 0.3 is 0 Å². The summed E-state index contributed by atoms with van der Waals surface area (Å²) >= 11 is 0. The van der Waals surface area contributed by atoms with Gasteiger partial charge in [-0.1, -0.05) is 0 Å². The number of fused-ring (bicyclic) bond motifs is 1. The number of hydrogen-bond donors (Lipinski definition) is 2. The number of benzene rings is 3. The lowest BCUT2D eigenvalue weighted by Crippen LogP contribution is -2.20. The standard InChI is InChI=1S/C27H27N3O8/c1-33-18-12-19-24(20(13-18)34-2)27(32)30-26(29-19)15-6-8-17(9-7-15)38-14-23(31)28-16-10-21(35-3)25(37-5)22(11-16)36-4/h6-13H,14H2,1-5H3,(H,28,31)(H,29,30,32). The van der Waals surface area contributed by atoms with Gasteiger partial charge in [0.1, 0.15) is 28.5 Å². The molecule has 198 valence electrons. The zero-order chi connectivity index (χ0) is 27.2. The number of aromatic nitrogens is 2. The molecule has 1 aromatic heterocycles. The summed E-state index contributed by atoms with van der Waals surface area (Å²) in [7, 11) is 7.49. The Balaban J connectivity index is 1.47. The van der Waals surface area contributed by atoms with Gasteiger partial charge in [-0.3, -0.25) is 9.59 Å². The number of hydrogen-bond acceptors (Lipinski definition) is 9. The third-order valence-corrected chi connectivity index (χ3v) is 5.65. The molecule has 11 heteroatoms. The number of aromatic amines is 1. The lowest BCUT2D eigenvalue weighted by Gasteiger charge is -2.14. The van der Waals surface area contributed by atoms with Gasteiger partial charge in [0.25, 0.3) is 11.5 Å². The fraction of sp³-hybridized carbons (Fsp3) is 0.222. The van der Waals surface area contributed by atoms with Gasteiger partial charge in [0, 0.05) is 35.5 Å². The lowest BCUT2D eigenvalue weighted by atomic mass is 10.1. The number of anilines is 1. The van der Waals surface area contributed by atoms with Gasteiger partial charge in [0.2, 0.25) is 5.75 Å². The number of carbonyl (C=O) groups excluding carboxylic acids is 1. The third kappa shape index (κ3) is 5.41. The number of amides is 1. The van der Waals surface area contributed by atoms with Crippen LogP contribution in [0.2, 0.25) is 0 Å². The van der Waals surface area contributed by atoms with Crippen molar-refractivity contribution in [1.82, 2.24) is 9.97 Å². The molecule has 0 unspecified atom stereocenters. The zero-order valence-corrected chi connectivity index (χ0v) is 21.5. The summed E-state index contributed by atoms with van der Waals surface area (Å²) < 4.78 is 32.1. The monoisotopic (exact) mass is 521 g/mol. The minimum Gasteiger partial charge on any atom is -0.497 e. The minimum absolute atomic E-state index is 0.235. The first-order valence-corrected chi connectivity index (χ1v) is 11.4. The van der Waals surface area contributed by atoms with E-state index < -0.39 is 0 Å². The molecule has 0 saturated carbocycles. The van der Waals surface area contributed by atoms with Crippen molar-refractivity contribution in [2.45, 2.75) is 0 Å². The van der Waals surface area contributed by atoms with Crippen LogP contribution in [0.25, 0.3) is 22.3 Å². The van der Waals surface area contributed by atoms with E-state index in [-0.39, 0.29) is 18.1 Å². The van der Waals surface area contributed by atoms with Crippen molar-refractivity contribution in [2.75, 3.05) is 47.5 Å². The fourth-order valence-corrected chi connectivity index (χ4v) is 3.83. The molecule has 4 rings (SSSR count). The molecule has 0 fully saturated rings. The van der Waals surface area contributed by atoms with Gasteiger partial charge in [-0.2, -0.15) is 0 Å². The summed E-state index contributed by atoms with van der Waals surface area (Å²) in [4.78, 5) is 32.6. The van der Waals surface area contributed by atoms with Crippen molar-refractivity contribution in [2.24, 2.45) is 0 Å². The van der Waals surface area contributed by atoms with Gasteiger partial charge in [0.15, 0.2) is 18.1 Å². The second-order valence-corrected chi connectivity index (χ2v) is 7.91. The van der Waals surface area contributed by atoms with E-state index in [9.17, 15) is 9.59 Å². The molecular weight excluding hydrogens is 494 g/mol. The normalized spacial score (nSPS) is 10.6. The molecule has 0 aliphatic heterocycles. The highest BCUT2D eigenvalue weighted by molar-refractivity contribution is 5.92. The SMILES string of the molecule is COc1cc(OC)c2c(=O)[nH]c(-c3ccc(OCC(=O)Nc4cc(OC)c(OC)c(OC)c4)cc3)nc2c1.